The third kappa shape index (κ3) is 3.20. The molecule has 0 saturated carbocycles. The molecule has 190 valence electrons. The van der Waals surface area contributed by atoms with E-state index in [0.29, 0.717) is 33.0 Å². The van der Waals surface area contributed by atoms with E-state index in [1.165, 1.54) is 12.1 Å². The number of ketones is 3. The van der Waals surface area contributed by atoms with Crippen molar-refractivity contribution in [1.82, 2.24) is 0 Å². The molecule has 0 bridgehead atoms. The first-order valence-corrected chi connectivity index (χ1v) is 13.1. The van der Waals surface area contributed by atoms with Gasteiger partial charge in [-0.3, -0.25) is 14.4 Å². The van der Waals surface area contributed by atoms with Crippen LogP contribution in [0.1, 0.15) is 48.1 Å². The van der Waals surface area contributed by atoms with E-state index in [9.17, 15) is 18.8 Å². The van der Waals surface area contributed by atoms with Gasteiger partial charge in [-0.25, -0.2) is 4.39 Å². The highest BCUT2D eigenvalue weighted by atomic mass is 35.5. The zero-order valence-corrected chi connectivity index (χ0v) is 21.3. The van der Waals surface area contributed by atoms with Gasteiger partial charge in [0.05, 0.1) is 6.04 Å². The quantitative estimate of drug-likeness (QED) is 0.215. The molecule has 4 aromatic carbocycles. The highest BCUT2D eigenvalue weighted by Gasteiger charge is 2.71. The Kier molecular flexibility index (Phi) is 5.23. The van der Waals surface area contributed by atoms with Crippen molar-refractivity contribution in [3.63, 3.8) is 0 Å². The Hall–Kier alpha value is -4.35. The number of hydrogen-bond donors (Lipinski definition) is 0. The largest absolute Gasteiger partial charge is 0.352 e. The van der Waals surface area contributed by atoms with Crippen molar-refractivity contribution in [3.8, 4) is 0 Å². The van der Waals surface area contributed by atoms with E-state index in [4.69, 9.17) is 11.6 Å². The Bertz CT molecular complexity index is 1680. The van der Waals surface area contributed by atoms with Crippen LogP contribution in [-0.4, -0.2) is 29.4 Å². The molecule has 0 aromatic heterocycles. The summed E-state index contributed by atoms with van der Waals surface area (Å²) in [5, 5.41) is 0.534. The molecule has 1 saturated heterocycles. The molecule has 4 nitrogen and oxygen atoms in total. The lowest BCUT2D eigenvalue weighted by Gasteiger charge is -2.37. The molecular formula is C33H21ClFNO3. The fourth-order valence-electron chi connectivity index (χ4n) is 6.76. The van der Waals surface area contributed by atoms with Crippen LogP contribution in [0.3, 0.4) is 0 Å². The lowest BCUT2D eigenvalue weighted by atomic mass is 9.64. The van der Waals surface area contributed by atoms with Gasteiger partial charge in [0.25, 0.3) is 0 Å². The van der Waals surface area contributed by atoms with Crippen LogP contribution in [0.4, 0.5) is 10.1 Å². The molecule has 6 heteroatoms. The van der Waals surface area contributed by atoms with Gasteiger partial charge in [0.1, 0.15) is 17.3 Å². The molecule has 2 heterocycles. The number of halogens is 2. The number of nitrogens with zero attached hydrogens (tertiary/aromatic N) is 1. The first kappa shape index (κ1) is 23.7. The summed E-state index contributed by atoms with van der Waals surface area (Å²) >= 11 is 6.32. The Labute approximate surface area is 229 Å². The van der Waals surface area contributed by atoms with E-state index >= 15 is 0 Å². The topological polar surface area (TPSA) is 54.5 Å². The lowest BCUT2D eigenvalue weighted by molar-refractivity contribution is 0.0666. The van der Waals surface area contributed by atoms with Crippen molar-refractivity contribution < 1.29 is 18.8 Å². The van der Waals surface area contributed by atoms with E-state index in [2.05, 4.69) is 0 Å². The summed E-state index contributed by atoms with van der Waals surface area (Å²) in [6.07, 6.45) is 3.71. The zero-order chi connectivity index (χ0) is 26.9. The lowest BCUT2D eigenvalue weighted by Crippen LogP contribution is -2.48. The Morgan fingerprint density at radius 3 is 2.13 bits per heavy atom. The second-order valence-corrected chi connectivity index (χ2v) is 10.6. The van der Waals surface area contributed by atoms with Gasteiger partial charge in [-0.1, -0.05) is 90.5 Å². The van der Waals surface area contributed by atoms with Crippen LogP contribution < -0.4 is 4.90 Å². The molecule has 3 aliphatic rings. The Morgan fingerprint density at radius 1 is 0.821 bits per heavy atom. The van der Waals surface area contributed by atoms with Gasteiger partial charge in [-0.05, 0) is 41.5 Å². The minimum absolute atomic E-state index is 0.223. The van der Waals surface area contributed by atoms with Gasteiger partial charge in [-0.2, -0.15) is 0 Å². The first-order valence-electron chi connectivity index (χ1n) is 12.7. The summed E-state index contributed by atoms with van der Waals surface area (Å²) in [5.41, 5.74) is 1.58. The highest BCUT2D eigenvalue weighted by Crippen LogP contribution is 2.61. The van der Waals surface area contributed by atoms with Crippen LogP contribution in [0.25, 0.3) is 6.08 Å². The van der Waals surface area contributed by atoms with Gasteiger partial charge in [0, 0.05) is 33.3 Å². The average Bonchev–Trinajstić information content (AvgIpc) is 3.39. The van der Waals surface area contributed by atoms with Gasteiger partial charge in [0.2, 0.25) is 0 Å². The number of carbonyl (C=O) groups is 3. The first-order chi connectivity index (χ1) is 18.9. The van der Waals surface area contributed by atoms with Crippen molar-refractivity contribution in [3.05, 3.63) is 142 Å². The Balaban J connectivity index is 1.55. The van der Waals surface area contributed by atoms with Crippen molar-refractivity contribution >= 4 is 40.7 Å². The van der Waals surface area contributed by atoms with E-state index in [0.717, 1.165) is 5.56 Å². The van der Waals surface area contributed by atoms with Gasteiger partial charge < -0.3 is 4.90 Å². The summed E-state index contributed by atoms with van der Waals surface area (Å²) in [5.74, 6) is -2.19. The number of hydrogen-bond acceptors (Lipinski definition) is 4. The smallest absolute Gasteiger partial charge is 0.185 e. The van der Waals surface area contributed by atoms with E-state index < -0.39 is 29.2 Å². The highest BCUT2D eigenvalue weighted by molar-refractivity contribution is 6.32. The maximum atomic E-state index is 14.5. The molecule has 1 aliphatic carbocycles. The molecule has 1 fully saturated rings. The van der Waals surface area contributed by atoms with Gasteiger partial charge >= 0.3 is 0 Å². The number of rotatable bonds is 3. The summed E-state index contributed by atoms with van der Waals surface area (Å²) in [6, 6.07) is 25.2. The second-order valence-electron chi connectivity index (χ2n) is 10.2. The molecule has 1 spiro atoms. The standard InChI is InChI=1S/C33H21ClFNO3/c34-22-13-16-26-21(18-22)12-17-27-33(31(38)24-8-4-5-9-25(24)32(33)39)28(19-10-14-23(35)15-11-19)29(36(26)27)30(37)20-6-2-1-3-7-20/h1-18,27-29H/t27-,28-,29-/m0/s1. The summed E-state index contributed by atoms with van der Waals surface area (Å²) in [7, 11) is 0. The number of anilines is 1. The predicted molar refractivity (Wildman–Crippen MR) is 148 cm³/mol. The van der Waals surface area contributed by atoms with Crippen LogP contribution in [0.5, 0.6) is 0 Å². The molecule has 39 heavy (non-hydrogen) atoms. The predicted octanol–water partition coefficient (Wildman–Crippen LogP) is 6.80. The van der Waals surface area contributed by atoms with Gasteiger partial charge in [0.15, 0.2) is 17.3 Å². The normalized spacial score (nSPS) is 22.1. The molecular weight excluding hydrogens is 513 g/mol. The van der Waals surface area contributed by atoms with Gasteiger partial charge in [-0.15, -0.1) is 0 Å². The van der Waals surface area contributed by atoms with Crippen LogP contribution in [-0.2, 0) is 0 Å². The molecule has 0 radical (unpaired) electrons. The minimum Gasteiger partial charge on any atom is -0.352 e. The fraction of sp³-hybridized carbons (Fsp3) is 0.121. The van der Waals surface area contributed by atoms with E-state index in [-0.39, 0.29) is 17.3 Å². The van der Waals surface area contributed by atoms with E-state index in [1.807, 2.05) is 29.2 Å². The van der Waals surface area contributed by atoms with Crippen LogP contribution in [0.15, 0.2) is 103 Å². The number of Topliss-reactive ketones (excluding diaryl/α,β-unsaturated/α-hetero) is 3. The van der Waals surface area contributed by atoms with Crippen molar-refractivity contribution in [2.24, 2.45) is 5.41 Å². The van der Waals surface area contributed by atoms with Crippen molar-refractivity contribution in [2.45, 2.75) is 18.0 Å². The SMILES string of the molecule is O=C(c1ccccc1)[C@@H]1[C@H](c2ccc(F)cc2)C2(C(=O)c3ccccc3C2=O)[C@@H]2C=Cc3cc(Cl)ccc3N12. The number of carbonyl (C=O) groups excluding carboxylic acids is 3. The molecule has 7 rings (SSSR count). The van der Waals surface area contributed by atoms with Crippen LogP contribution in [0, 0.1) is 11.2 Å². The molecule has 2 aliphatic heterocycles. The summed E-state index contributed by atoms with van der Waals surface area (Å²) < 4.78 is 14.1. The molecule has 0 N–H and O–H groups in total. The molecule has 0 unspecified atom stereocenters. The maximum absolute atomic E-state index is 14.5. The molecule has 3 atom stereocenters. The third-order valence-electron chi connectivity index (χ3n) is 8.32. The summed E-state index contributed by atoms with van der Waals surface area (Å²) in [6.45, 7) is 0. The maximum Gasteiger partial charge on any atom is 0.185 e. The van der Waals surface area contributed by atoms with Crippen molar-refractivity contribution in [1.29, 1.82) is 0 Å². The van der Waals surface area contributed by atoms with Crippen molar-refractivity contribution in [2.75, 3.05) is 4.90 Å². The zero-order valence-electron chi connectivity index (χ0n) is 20.6. The monoisotopic (exact) mass is 533 g/mol. The second kappa shape index (κ2) is 8.58. The number of fused-ring (bicyclic) bond motifs is 5. The molecule has 4 aromatic rings. The average molecular weight is 534 g/mol. The third-order valence-corrected chi connectivity index (χ3v) is 8.56. The van der Waals surface area contributed by atoms with Crippen LogP contribution in [0.2, 0.25) is 5.02 Å². The van der Waals surface area contributed by atoms with E-state index in [1.54, 1.807) is 72.8 Å². The van der Waals surface area contributed by atoms with Crippen LogP contribution >= 0.6 is 11.6 Å². The minimum atomic E-state index is -1.62. The number of benzene rings is 4. The molecule has 0 amide bonds. The fourth-order valence-corrected chi connectivity index (χ4v) is 6.94. The summed E-state index contributed by atoms with van der Waals surface area (Å²) in [4.78, 5) is 45.4. The Morgan fingerprint density at radius 2 is 1.46 bits per heavy atom.